The van der Waals surface area contributed by atoms with Crippen LogP contribution in [0.1, 0.15) is 24.6 Å². The van der Waals surface area contributed by atoms with Crippen molar-refractivity contribution in [1.82, 2.24) is 9.88 Å². The Morgan fingerprint density at radius 2 is 2.00 bits per heavy atom. The molecule has 0 saturated carbocycles. The molecule has 1 atom stereocenters. The average molecular weight is 300 g/mol. The van der Waals surface area contributed by atoms with Crippen molar-refractivity contribution in [2.45, 2.75) is 25.4 Å². The number of fused-ring (bicyclic) bond motifs is 3. The van der Waals surface area contributed by atoms with Crippen molar-refractivity contribution in [3.05, 3.63) is 35.5 Å². The van der Waals surface area contributed by atoms with Crippen LogP contribution in [0.5, 0.6) is 0 Å². The van der Waals surface area contributed by atoms with Crippen LogP contribution >= 0.6 is 0 Å². The summed E-state index contributed by atoms with van der Waals surface area (Å²) in [7, 11) is 0. The van der Waals surface area contributed by atoms with Crippen molar-refractivity contribution in [2.24, 2.45) is 0 Å². The van der Waals surface area contributed by atoms with Crippen molar-refractivity contribution in [2.75, 3.05) is 39.5 Å². The van der Waals surface area contributed by atoms with Crippen LogP contribution in [0, 0.1) is 0 Å². The minimum atomic E-state index is -0.203. The first kappa shape index (κ1) is 14.2. The Balaban J connectivity index is 1.60. The highest BCUT2D eigenvalue weighted by molar-refractivity contribution is 5.85. The van der Waals surface area contributed by atoms with Gasteiger partial charge in [0.05, 0.1) is 25.5 Å². The summed E-state index contributed by atoms with van der Waals surface area (Å²) in [5, 5.41) is 1.36. The van der Waals surface area contributed by atoms with Crippen LogP contribution in [0.3, 0.4) is 0 Å². The molecule has 0 amide bonds. The van der Waals surface area contributed by atoms with Crippen LogP contribution in [0.2, 0.25) is 0 Å². The number of aromatic amines is 1. The quantitative estimate of drug-likeness (QED) is 0.947. The fraction of sp³-hybridized carbons (Fsp3) is 0.556. The van der Waals surface area contributed by atoms with Crippen molar-refractivity contribution in [1.29, 1.82) is 0 Å². The minimum absolute atomic E-state index is 0.203. The Labute approximate surface area is 131 Å². The first-order valence-corrected chi connectivity index (χ1v) is 8.30. The highest BCUT2D eigenvalue weighted by Crippen LogP contribution is 2.38. The number of morpholine rings is 1. The number of hydrogen-bond acceptors (Lipinski definition) is 3. The maximum Gasteiger partial charge on any atom is 0.106 e. The summed E-state index contributed by atoms with van der Waals surface area (Å²) >= 11 is 0. The fourth-order valence-electron chi connectivity index (χ4n) is 3.76. The third-order valence-electron chi connectivity index (χ3n) is 5.12. The van der Waals surface area contributed by atoms with Crippen molar-refractivity contribution >= 4 is 10.9 Å². The SMILES string of the molecule is CC1(CCN2CCOCC2)OCCc2c1[nH]c1ccccc21. The highest BCUT2D eigenvalue weighted by Gasteiger charge is 2.36. The third-order valence-corrected chi connectivity index (χ3v) is 5.12. The van der Waals surface area contributed by atoms with E-state index < -0.39 is 0 Å². The number of ether oxygens (including phenoxy) is 2. The van der Waals surface area contributed by atoms with Gasteiger partial charge in [-0.15, -0.1) is 0 Å². The molecular formula is C18H24N2O2. The maximum absolute atomic E-state index is 6.22. The first-order chi connectivity index (χ1) is 10.8. The first-order valence-electron chi connectivity index (χ1n) is 8.30. The van der Waals surface area contributed by atoms with Gasteiger partial charge in [-0.05, 0) is 31.4 Å². The van der Waals surface area contributed by atoms with E-state index in [0.29, 0.717) is 0 Å². The van der Waals surface area contributed by atoms with E-state index in [1.54, 1.807) is 0 Å². The minimum Gasteiger partial charge on any atom is -0.379 e. The highest BCUT2D eigenvalue weighted by atomic mass is 16.5. The third kappa shape index (κ3) is 2.45. The molecule has 0 aliphatic carbocycles. The van der Waals surface area contributed by atoms with E-state index in [-0.39, 0.29) is 5.60 Å². The van der Waals surface area contributed by atoms with Gasteiger partial charge in [0.15, 0.2) is 0 Å². The topological polar surface area (TPSA) is 37.5 Å². The van der Waals surface area contributed by atoms with Crippen LogP contribution in [0.15, 0.2) is 24.3 Å². The molecule has 1 unspecified atom stereocenters. The predicted molar refractivity (Wildman–Crippen MR) is 87.2 cm³/mol. The molecule has 0 bridgehead atoms. The second-order valence-electron chi connectivity index (χ2n) is 6.56. The van der Waals surface area contributed by atoms with E-state index in [0.717, 1.165) is 52.3 Å². The Morgan fingerprint density at radius 3 is 2.86 bits per heavy atom. The lowest BCUT2D eigenvalue weighted by Gasteiger charge is -2.36. The molecule has 1 aromatic carbocycles. The molecule has 118 valence electrons. The lowest BCUT2D eigenvalue weighted by Crippen LogP contribution is -2.41. The molecule has 3 heterocycles. The summed E-state index contributed by atoms with van der Waals surface area (Å²) in [5.74, 6) is 0. The molecule has 1 aromatic heterocycles. The Bertz CT molecular complexity index is 660. The largest absolute Gasteiger partial charge is 0.379 e. The van der Waals surface area contributed by atoms with Gasteiger partial charge < -0.3 is 14.5 Å². The van der Waals surface area contributed by atoms with Crippen molar-refractivity contribution < 1.29 is 9.47 Å². The number of para-hydroxylation sites is 1. The molecule has 22 heavy (non-hydrogen) atoms. The number of nitrogens with one attached hydrogen (secondary N) is 1. The molecule has 4 nitrogen and oxygen atoms in total. The van der Waals surface area contributed by atoms with E-state index in [9.17, 15) is 0 Å². The van der Waals surface area contributed by atoms with E-state index in [1.807, 2.05) is 0 Å². The zero-order chi connectivity index (χ0) is 15.0. The van der Waals surface area contributed by atoms with Gasteiger partial charge in [0.2, 0.25) is 0 Å². The number of benzene rings is 1. The summed E-state index contributed by atoms with van der Waals surface area (Å²) in [6, 6.07) is 8.60. The molecule has 1 fully saturated rings. The Kier molecular flexibility index (Phi) is 3.68. The Morgan fingerprint density at radius 1 is 1.18 bits per heavy atom. The number of aromatic nitrogens is 1. The van der Waals surface area contributed by atoms with E-state index in [2.05, 4.69) is 41.1 Å². The van der Waals surface area contributed by atoms with Crippen LogP contribution in [-0.4, -0.2) is 49.3 Å². The molecular weight excluding hydrogens is 276 g/mol. The van der Waals surface area contributed by atoms with Gasteiger partial charge >= 0.3 is 0 Å². The van der Waals surface area contributed by atoms with E-state index >= 15 is 0 Å². The summed E-state index contributed by atoms with van der Waals surface area (Å²) in [6.07, 6.45) is 2.03. The molecule has 4 heteroatoms. The smallest absolute Gasteiger partial charge is 0.106 e. The van der Waals surface area contributed by atoms with Gasteiger partial charge in [0, 0.05) is 30.5 Å². The van der Waals surface area contributed by atoms with Crippen molar-refractivity contribution in [3.63, 3.8) is 0 Å². The zero-order valence-corrected chi connectivity index (χ0v) is 13.2. The maximum atomic E-state index is 6.22. The second kappa shape index (κ2) is 5.69. The molecule has 2 aliphatic rings. The molecule has 2 aromatic rings. The van der Waals surface area contributed by atoms with Gasteiger partial charge in [-0.1, -0.05) is 18.2 Å². The van der Waals surface area contributed by atoms with Crippen molar-refractivity contribution in [3.8, 4) is 0 Å². The molecule has 4 rings (SSSR count). The summed E-state index contributed by atoms with van der Waals surface area (Å²) in [5.41, 5.74) is 3.76. The van der Waals surface area contributed by atoms with Gasteiger partial charge in [0.25, 0.3) is 0 Å². The lowest BCUT2D eigenvalue weighted by molar-refractivity contribution is -0.0642. The van der Waals surface area contributed by atoms with Crippen LogP contribution in [0.25, 0.3) is 10.9 Å². The predicted octanol–water partition coefficient (Wildman–Crippen LogP) is 2.68. The molecule has 0 spiro atoms. The van der Waals surface area contributed by atoms with Gasteiger partial charge in [-0.3, -0.25) is 4.90 Å². The number of rotatable bonds is 3. The molecule has 2 aliphatic heterocycles. The number of nitrogens with zero attached hydrogens (tertiary/aromatic N) is 1. The molecule has 0 radical (unpaired) electrons. The summed E-state index contributed by atoms with van der Waals surface area (Å²) in [6.45, 7) is 7.90. The lowest BCUT2D eigenvalue weighted by atomic mass is 9.90. The number of H-pyrrole nitrogens is 1. The van der Waals surface area contributed by atoms with E-state index in [1.165, 1.54) is 22.2 Å². The van der Waals surface area contributed by atoms with Gasteiger partial charge in [-0.2, -0.15) is 0 Å². The molecule has 1 saturated heterocycles. The van der Waals surface area contributed by atoms with Crippen LogP contribution < -0.4 is 0 Å². The van der Waals surface area contributed by atoms with Crippen LogP contribution in [-0.2, 0) is 21.5 Å². The summed E-state index contributed by atoms with van der Waals surface area (Å²) in [4.78, 5) is 6.11. The number of hydrogen-bond donors (Lipinski definition) is 1. The Hall–Kier alpha value is -1.36. The average Bonchev–Trinajstić information content (AvgIpc) is 2.95. The standard InChI is InChI=1S/C18H24N2O2/c1-18(7-8-20-9-12-21-13-10-20)17-15(6-11-22-18)14-4-2-3-5-16(14)19-17/h2-5,19H,6-13H2,1H3. The monoisotopic (exact) mass is 300 g/mol. The van der Waals surface area contributed by atoms with Gasteiger partial charge in [0.1, 0.15) is 5.60 Å². The zero-order valence-electron chi connectivity index (χ0n) is 13.2. The second-order valence-corrected chi connectivity index (χ2v) is 6.56. The van der Waals surface area contributed by atoms with Crippen LogP contribution in [0.4, 0.5) is 0 Å². The normalized spacial score (nSPS) is 26.2. The fourth-order valence-corrected chi connectivity index (χ4v) is 3.76. The molecule has 1 N–H and O–H groups in total. The van der Waals surface area contributed by atoms with E-state index in [4.69, 9.17) is 9.47 Å². The summed E-state index contributed by atoms with van der Waals surface area (Å²) < 4.78 is 11.7. The van der Waals surface area contributed by atoms with Gasteiger partial charge in [-0.25, -0.2) is 0 Å².